The number of hydrogen-bond donors (Lipinski definition) is 2. The van der Waals surface area contributed by atoms with Crippen LogP contribution in [0.2, 0.25) is 0 Å². The van der Waals surface area contributed by atoms with E-state index >= 15 is 0 Å². The highest BCUT2D eigenvalue weighted by molar-refractivity contribution is 5.63. The van der Waals surface area contributed by atoms with Crippen LogP contribution in [0.1, 0.15) is 17.9 Å². The molecule has 120 valence electrons. The number of nitrogens with zero attached hydrogens (tertiary/aromatic N) is 4. The normalized spacial score (nSPS) is 18.1. The number of nitrogens with one attached hydrogen (secondary N) is 2. The van der Waals surface area contributed by atoms with Crippen molar-refractivity contribution in [2.24, 2.45) is 0 Å². The van der Waals surface area contributed by atoms with Crippen molar-refractivity contribution >= 4 is 11.5 Å². The third-order valence-corrected chi connectivity index (χ3v) is 4.17. The van der Waals surface area contributed by atoms with Crippen molar-refractivity contribution in [3.63, 3.8) is 0 Å². The van der Waals surface area contributed by atoms with Gasteiger partial charge in [0.25, 0.3) is 0 Å². The monoisotopic (exact) mass is 314 g/mol. The summed E-state index contributed by atoms with van der Waals surface area (Å²) < 4.78 is 7.06. The highest BCUT2D eigenvalue weighted by atomic mass is 16.3. The molecule has 0 spiro atoms. The van der Waals surface area contributed by atoms with E-state index in [9.17, 15) is 4.79 Å². The summed E-state index contributed by atoms with van der Waals surface area (Å²) in [6, 6.07) is 4.32. The Morgan fingerprint density at radius 2 is 2.39 bits per heavy atom. The first-order chi connectivity index (χ1) is 11.2. The van der Waals surface area contributed by atoms with Gasteiger partial charge in [-0.15, -0.1) is 5.10 Å². The van der Waals surface area contributed by atoms with E-state index in [2.05, 4.69) is 25.4 Å². The smallest absolute Gasteiger partial charge is 0.347 e. The number of hydrogen-bond acceptors (Lipinski definition) is 6. The van der Waals surface area contributed by atoms with Crippen LogP contribution in [-0.4, -0.2) is 38.7 Å². The first-order valence-electron chi connectivity index (χ1n) is 7.66. The van der Waals surface area contributed by atoms with Crippen molar-refractivity contribution in [2.75, 3.05) is 18.0 Å². The Labute approximate surface area is 132 Å². The van der Waals surface area contributed by atoms with Crippen LogP contribution in [0.25, 0.3) is 5.65 Å². The zero-order valence-corrected chi connectivity index (χ0v) is 12.8. The van der Waals surface area contributed by atoms with E-state index in [1.807, 2.05) is 19.1 Å². The van der Waals surface area contributed by atoms with Gasteiger partial charge in [-0.1, -0.05) is 0 Å². The van der Waals surface area contributed by atoms with E-state index in [1.54, 1.807) is 12.4 Å². The average molecular weight is 314 g/mol. The van der Waals surface area contributed by atoms with E-state index in [0.29, 0.717) is 18.2 Å². The number of rotatable bonds is 4. The Hall–Kier alpha value is -2.61. The van der Waals surface area contributed by atoms with Crippen molar-refractivity contribution in [2.45, 2.75) is 25.9 Å². The van der Waals surface area contributed by atoms with Crippen LogP contribution in [0.5, 0.6) is 0 Å². The number of aromatic amines is 1. The second kappa shape index (κ2) is 5.54. The van der Waals surface area contributed by atoms with E-state index < -0.39 is 0 Å². The molecule has 1 atom stereocenters. The van der Waals surface area contributed by atoms with Crippen molar-refractivity contribution in [1.29, 1.82) is 0 Å². The van der Waals surface area contributed by atoms with Gasteiger partial charge in [0.05, 0.1) is 6.54 Å². The molecule has 0 unspecified atom stereocenters. The second-order valence-corrected chi connectivity index (χ2v) is 5.80. The molecule has 0 radical (unpaired) electrons. The minimum absolute atomic E-state index is 0.245. The Bertz CT molecular complexity index is 879. The molecular weight excluding hydrogens is 296 g/mol. The zero-order chi connectivity index (χ0) is 15.8. The third-order valence-electron chi connectivity index (χ3n) is 4.17. The first kappa shape index (κ1) is 14.0. The largest absolute Gasteiger partial charge is 0.465 e. The Morgan fingerprint density at radius 3 is 3.22 bits per heavy atom. The van der Waals surface area contributed by atoms with E-state index in [0.717, 1.165) is 36.8 Å². The van der Waals surface area contributed by atoms with E-state index in [-0.39, 0.29) is 5.69 Å². The molecular formula is C15H18N6O2. The highest BCUT2D eigenvalue weighted by Gasteiger charge is 2.25. The maximum atomic E-state index is 11.6. The van der Waals surface area contributed by atoms with Gasteiger partial charge in [0, 0.05) is 31.5 Å². The quantitative estimate of drug-likeness (QED) is 0.736. The fourth-order valence-electron chi connectivity index (χ4n) is 3.00. The van der Waals surface area contributed by atoms with Crippen molar-refractivity contribution in [1.82, 2.24) is 24.9 Å². The Morgan fingerprint density at radius 1 is 1.48 bits per heavy atom. The van der Waals surface area contributed by atoms with Crippen LogP contribution in [-0.2, 0) is 6.54 Å². The molecule has 1 aliphatic heterocycles. The van der Waals surface area contributed by atoms with Crippen LogP contribution in [0.4, 0.5) is 5.82 Å². The molecule has 0 amide bonds. The van der Waals surface area contributed by atoms with Gasteiger partial charge in [0.2, 0.25) is 5.65 Å². The summed E-state index contributed by atoms with van der Waals surface area (Å²) in [6.07, 6.45) is 4.26. The third kappa shape index (κ3) is 2.61. The van der Waals surface area contributed by atoms with Crippen LogP contribution in [0.3, 0.4) is 0 Å². The van der Waals surface area contributed by atoms with E-state index in [1.165, 1.54) is 4.40 Å². The summed E-state index contributed by atoms with van der Waals surface area (Å²) in [4.78, 5) is 18.2. The van der Waals surface area contributed by atoms with E-state index in [4.69, 9.17) is 4.42 Å². The molecule has 8 nitrogen and oxygen atoms in total. The summed E-state index contributed by atoms with van der Waals surface area (Å²) >= 11 is 0. The topological polar surface area (TPSA) is 91.5 Å². The van der Waals surface area contributed by atoms with Crippen LogP contribution in [0.15, 0.2) is 33.7 Å². The van der Waals surface area contributed by atoms with Crippen LogP contribution >= 0.6 is 0 Å². The van der Waals surface area contributed by atoms with Crippen molar-refractivity contribution in [3.8, 4) is 0 Å². The van der Waals surface area contributed by atoms with Gasteiger partial charge >= 0.3 is 5.69 Å². The average Bonchev–Trinajstić information content (AvgIpc) is 3.26. The lowest BCUT2D eigenvalue weighted by Gasteiger charge is -2.17. The predicted molar refractivity (Wildman–Crippen MR) is 84.5 cm³/mol. The molecule has 8 heteroatoms. The number of furan rings is 1. The van der Waals surface area contributed by atoms with Gasteiger partial charge in [-0.25, -0.2) is 19.3 Å². The molecule has 3 aromatic rings. The molecule has 0 bridgehead atoms. The summed E-state index contributed by atoms with van der Waals surface area (Å²) in [5, 5.41) is 10.0. The molecule has 1 fully saturated rings. The van der Waals surface area contributed by atoms with Crippen molar-refractivity contribution < 1.29 is 4.42 Å². The van der Waals surface area contributed by atoms with Gasteiger partial charge in [0.1, 0.15) is 11.5 Å². The van der Waals surface area contributed by atoms with Gasteiger partial charge in [-0.2, -0.15) is 0 Å². The highest BCUT2D eigenvalue weighted by Crippen LogP contribution is 2.21. The molecule has 0 aliphatic carbocycles. The fourth-order valence-corrected chi connectivity index (χ4v) is 3.00. The zero-order valence-electron chi connectivity index (χ0n) is 12.8. The molecule has 0 aromatic carbocycles. The van der Waals surface area contributed by atoms with Gasteiger partial charge in [-0.05, 0) is 25.5 Å². The maximum Gasteiger partial charge on any atom is 0.347 e. The number of fused-ring (bicyclic) bond motifs is 1. The van der Waals surface area contributed by atoms with Crippen LogP contribution < -0.4 is 15.9 Å². The number of H-pyrrole nitrogens is 1. The molecule has 4 rings (SSSR count). The second-order valence-electron chi connectivity index (χ2n) is 5.80. The van der Waals surface area contributed by atoms with Gasteiger partial charge < -0.3 is 14.6 Å². The number of aryl methyl sites for hydroxylation is 1. The van der Waals surface area contributed by atoms with Gasteiger partial charge in [-0.3, -0.25) is 0 Å². The first-order valence-corrected chi connectivity index (χ1v) is 7.66. The fraction of sp³-hybridized carbons (Fsp3) is 0.400. The molecule has 0 saturated carbocycles. The molecule has 4 heterocycles. The molecule has 1 saturated heterocycles. The minimum atomic E-state index is -0.245. The van der Waals surface area contributed by atoms with Gasteiger partial charge in [0.15, 0.2) is 5.82 Å². The Balaban J connectivity index is 1.46. The lowest BCUT2D eigenvalue weighted by Crippen LogP contribution is -2.32. The maximum absolute atomic E-state index is 11.6. The Kier molecular flexibility index (Phi) is 3.38. The predicted octanol–water partition coefficient (Wildman–Crippen LogP) is 0.688. The molecule has 1 aliphatic rings. The summed E-state index contributed by atoms with van der Waals surface area (Å²) in [5.74, 6) is 2.61. The lowest BCUT2D eigenvalue weighted by molar-refractivity contribution is 0.440. The standard InChI is InChI=1S/C15H18N6O2/c1-10-2-3-12(23-10)8-17-11-4-6-20(9-11)13-14-18-19-15(22)21(14)7-5-16-13/h2-3,5,7,11,17H,4,6,8-9H2,1H3,(H,19,22)/t11-/m1/s1. The SMILES string of the molecule is Cc1ccc(CN[C@@H]2CCN(c3nccn4c(=O)[nH]nc34)C2)o1. The lowest BCUT2D eigenvalue weighted by atomic mass is 10.2. The van der Waals surface area contributed by atoms with Crippen LogP contribution in [0, 0.1) is 6.92 Å². The summed E-state index contributed by atoms with van der Waals surface area (Å²) in [7, 11) is 0. The summed E-state index contributed by atoms with van der Waals surface area (Å²) in [6.45, 7) is 4.36. The number of anilines is 1. The minimum Gasteiger partial charge on any atom is -0.465 e. The molecule has 2 N–H and O–H groups in total. The molecule has 3 aromatic heterocycles. The molecule has 23 heavy (non-hydrogen) atoms. The van der Waals surface area contributed by atoms with Crippen molar-refractivity contribution in [3.05, 3.63) is 46.5 Å². The number of aromatic nitrogens is 4. The summed E-state index contributed by atoms with van der Waals surface area (Å²) in [5.41, 5.74) is 0.325.